The number of aromatic amines is 1. The van der Waals surface area contributed by atoms with Gasteiger partial charge in [-0.05, 0) is 25.0 Å². The maximum Gasteiger partial charge on any atom is 0.255 e. The van der Waals surface area contributed by atoms with Crippen molar-refractivity contribution in [1.82, 2.24) is 20.5 Å². The van der Waals surface area contributed by atoms with Gasteiger partial charge in [-0.25, -0.2) is 0 Å². The van der Waals surface area contributed by atoms with Crippen LogP contribution in [0.25, 0.3) is 11.3 Å². The lowest BCUT2D eigenvalue weighted by atomic mass is 10.1. The van der Waals surface area contributed by atoms with Crippen LogP contribution < -0.4 is 5.32 Å². The molecule has 3 heterocycles. The van der Waals surface area contributed by atoms with Crippen molar-refractivity contribution in [3.05, 3.63) is 36.3 Å². The molecule has 1 saturated heterocycles. The molecular formula is C14H16N4O2. The van der Waals surface area contributed by atoms with Crippen molar-refractivity contribution in [3.63, 3.8) is 0 Å². The van der Waals surface area contributed by atoms with Crippen LogP contribution in [0.4, 0.5) is 0 Å². The summed E-state index contributed by atoms with van der Waals surface area (Å²) in [7, 11) is 0. The minimum absolute atomic E-state index is 0.0996. The minimum atomic E-state index is -0.0996. The average molecular weight is 272 g/mol. The predicted octanol–water partition coefficient (Wildman–Crippen LogP) is 1.38. The third kappa shape index (κ3) is 2.70. The molecule has 1 aliphatic rings. The number of nitrogens with zero attached hydrogens (tertiary/aromatic N) is 2. The van der Waals surface area contributed by atoms with Gasteiger partial charge in [-0.3, -0.25) is 14.9 Å². The van der Waals surface area contributed by atoms with Gasteiger partial charge in [0, 0.05) is 43.4 Å². The van der Waals surface area contributed by atoms with Gasteiger partial charge in [0.1, 0.15) is 5.69 Å². The van der Waals surface area contributed by atoms with Gasteiger partial charge in [0.2, 0.25) is 0 Å². The van der Waals surface area contributed by atoms with Gasteiger partial charge in [-0.1, -0.05) is 0 Å². The molecule has 6 heteroatoms. The highest BCUT2D eigenvalue weighted by Gasteiger charge is 2.20. The van der Waals surface area contributed by atoms with Crippen molar-refractivity contribution < 1.29 is 9.53 Å². The second-order valence-electron chi connectivity index (χ2n) is 4.74. The fourth-order valence-corrected chi connectivity index (χ4v) is 2.30. The molecule has 1 aliphatic heterocycles. The SMILES string of the molecule is O=C(NC1CCOCC1)c1c[nH]nc1-c1ccncc1. The molecule has 2 aromatic rings. The highest BCUT2D eigenvalue weighted by atomic mass is 16.5. The summed E-state index contributed by atoms with van der Waals surface area (Å²) < 4.78 is 5.29. The van der Waals surface area contributed by atoms with Crippen LogP contribution in [0.2, 0.25) is 0 Å². The molecule has 0 atom stereocenters. The molecule has 6 nitrogen and oxygen atoms in total. The lowest BCUT2D eigenvalue weighted by Crippen LogP contribution is -2.38. The number of carbonyl (C=O) groups is 1. The van der Waals surface area contributed by atoms with Gasteiger partial charge < -0.3 is 10.1 Å². The molecule has 2 aromatic heterocycles. The Kier molecular flexibility index (Phi) is 3.73. The molecule has 0 aromatic carbocycles. The van der Waals surface area contributed by atoms with Crippen molar-refractivity contribution in [2.24, 2.45) is 0 Å². The Morgan fingerprint density at radius 3 is 2.80 bits per heavy atom. The average Bonchev–Trinajstić information content (AvgIpc) is 2.99. The number of hydrogen-bond acceptors (Lipinski definition) is 4. The van der Waals surface area contributed by atoms with E-state index >= 15 is 0 Å². The number of aromatic nitrogens is 3. The van der Waals surface area contributed by atoms with E-state index in [0.717, 1.165) is 18.4 Å². The van der Waals surface area contributed by atoms with Crippen LogP contribution in [0.5, 0.6) is 0 Å². The molecule has 0 bridgehead atoms. The van der Waals surface area contributed by atoms with Crippen LogP contribution >= 0.6 is 0 Å². The van der Waals surface area contributed by atoms with Gasteiger partial charge in [0.25, 0.3) is 5.91 Å². The molecule has 0 saturated carbocycles. The Labute approximate surface area is 116 Å². The van der Waals surface area contributed by atoms with Crippen molar-refractivity contribution in [2.75, 3.05) is 13.2 Å². The van der Waals surface area contributed by atoms with Crippen LogP contribution in [0.15, 0.2) is 30.7 Å². The van der Waals surface area contributed by atoms with Crippen LogP contribution in [-0.2, 0) is 4.74 Å². The lowest BCUT2D eigenvalue weighted by Gasteiger charge is -2.23. The largest absolute Gasteiger partial charge is 0.381 e. The van der Waals surface area contributed by atoms with Crippen molar-refractivity contribution in [2.45, 2.75) is 18.9 Å². The third-order valence-electron chi connectivity index (χ3n) is 3.40. The van der Waals surface area contributed by atoms with Gasteiger partial charge >= 0.3 is 0 Å². The fourth-order valence-electron chi connectivity index (χ4n) is 2.30. The molecule has 3 rings (SSSR count). The summed E-state index contributed by atoms with van der Waals surface area (Å²) >= 11 is 0. The second kappa shape index (κ2) is 5.83. The van der Waals surface area contributed by atoms with Gasteiger partial charge in [0.05, 0.1) is 5.56 Å². The van der Waals surface area contributed by atoms with Crippen molar-refractivity contribution in [3.8, 4) is 11.3 Å². The maximum absolute atomic E-state index is 12.3. The zero-order valence-electron chi connectivity index (χ0n) is 11.0. The van der Waals surface area contributed by atoms with E-state index in [-0.39, 0.29) is 11.9 Å². The topological polar surface area (TPSA) is 79.9 Å². The van der Waals surface area contributed by atoms with Crippen LogP contribution in [0.3, 0.4) is 0 Å². The molecule has 0 unspecified atom stereocenters. The second-order valence-corrected chi connectivity index (χ2v) is 4.74. The number of carbonyl (C=O) groups excluding carboxylic acids is 1. The molecule has 104 valence electrons. The number of amides is 1. The van der Waals surface area contributed by atoms with Crippen LogP contribution in [0, 0.1) is 0 Å². The zero-order valence-corrected chi connectivity index (χ0v) is 11.0. The molecule has 1 fully saturated rings. The van der Waals surface area contributed by atoms with Crippen molar-refractivity contribution in [1.29, 1.82) is 0 Å². The number of H-pyrrole nitrogens is 1. The molecule has 20 heavy (non-hydrogen) atoms. The summed E-state index contributed by atoms with van der Waals surface area (Å²) in [6.45, 7) is 1.40. The zero-order chi connectivity index (χ0) is 13.8. The van der Waals surface area contributed by atoms with E-state index in [1.807, 2.05) is 12.1 Å². The first kappa shape index (κ1) is 12.8. The first-order valence-corrected chi connectivity index (χ1v) is 6.67. The predicted molar refractivity (Wildman–Crippen MR) is 73.1 cm³/mol. The Morgan fingerprint density at radius 2 is 2.05 bits per heavy atom. The monoisotopic (exact) mass is 272 g/mol. The van der Waals surface area contributed by atoms with E-state index in [9.17, 15) is 4.79 Å². The smallest absolute Gasteiger partial charge is 0.255 e. The fraction of sp³-hybridized carbons (Fsp3) is 0.357. The van der Waals surface area contributed by atoms with E-state index in [0.29, 0.717) is 24.5 Å². The first-order chi connectivity index (χ1) is 9.84. The lowest BCUT2D eigenvalue weighted by molar-refractivity contribution is 0.0697. The maximum atomic E-state index is 12.3. The van der Waals surface area contributed by atoms with E-state index in [1.54, 1.807) is 18.6 Å². The summed E-state index contributed by atoms with van der Waals surface area (Å²) in [5.74, 6) is -0.0996. The molecule has 2 N–H and O–H groups in total. The Bertz CT molecular complexity index is 576. The summed E-state index contributed by atoms with van der Waals surface area (Å²) in [6.07, 6.45) is 6.71. The number of ether oxygens (including phenoxy) is 1. The normalized spacial score (nSPS) is 16.0. The Hall–Kier alpha value is -2.21. The number of nitrogens with one attached hydrogen (secondary N) is 2. The van der Waals surface area contributed by atoms with E-state index in [4.69, 9.17) is 4.74 Å². The van der Waals surface area contributed by atoms with Crippen LogP contribution in [-0.4, -0.2) is 40.3 Å². The van der Waals surface area contributed by atoms with E-state index in [1.165, 1.54) is 0 Å². The van der Waals surface area contributed by atoms with Gasteiger partial charge in [0.15, 0.2) is 0 Å². The molecule has 0 spiro atoms. The third-order valence-corrected chi connectivity index (χ3v) is 3.40. The van der Waals surface area contributed by atoms with Gasteiger partial charge in [-0.2, -0.15) is 5.10 Å². The summed E-state index contributed by atoms with van der Waals surface area (Å²) in [5.41, 5.74) is 2.08. The molecule has 0 radical (unpaired) electrons. The van der Waals surface area contributed by atoms with Crippen molar-refractivity contribution >= 4 is 5.91 Å². The number of pyridine rings is 1. The van der Waals surface area contributed by atoms with Crippen LogP contribution in [0.1, 0.15) is 23.2 Å². The summed E-state index contributed by atoms with van der Waals surface area (Å²) in [6, 6.07) is 3.85. The number of hydrogen-bond donors (Lipinski definition) is 2. The highest BCUT2D eigenvalue weighted by molar-refractivity contribution is 5.99. The minimum Gasteiger partial charge on any atom is -0.381 e. The van der Waals surface area contributed by atoms with E-state index in [2.05, 4.69) is 20.5 Å². The first-order valence-electron chi connectivity index (χ1n) is 6.67. The number of rotatable bonds is 3. The quantitative estimate of drug-likeness (QED) is 0.884. The summed E-state index contributed by atoms with van der Waals surface area (Å²) in [5, 5.41) is 9.96. The summed E-state index contributed by atoms with van der Waals surface area (Å²) in [4.78, 5) is 16.3. The van der Waals surface area contributed by atoms with Gasteiger partial charge in [-0.15, -0.1) is 0 Å². The molecular weight excluding hydrogens is 256 g/mol. The molecule has 1 amide bonds. The van der Waals surface area contributed by atoms with E-state index < -0.39 is 0 Å². The molecule has 0 aliphatic carbocycles. The Balaban J connectivity index is 1.77. The standard InChI is InChI=1S/C14H16N4O2/c19-14(17-11-3-7-20-8-4-11)12-9-16-18-13(12)10-1-5-15-6-2-10/h1-2,5-6,9,11H,3-4,7-8H2,(H,16,18)(H,17,19). The highest BCUT2D eigenvalue weighted by Crippen LogP contribution is 2.20. The Morgan fingerprint density at radius 1 is 1.30 bits per heavy atom.